The molecule has 0 N–H and O–H groups in total. The number of benzene rings is 7. The van der Waals surface area contributed by atoms with Crippen LogP contribution in [0.15, 0.2) is 144 Å². The molecular formula is C45H29N3O. The molecule has 3 aromatic heterocycles. The summed E-state index contributed by atoms with van der Waals surface area (Å²) in [6, 6.07) is 49.8. The quantitative estimate of drug-likeness (QED) is 0.192. The first-order valence-electron chi connectivity index (χ1n) is 16.8. The Morgan fingerprint density at radius 3 is 1.73 bits per heavy atom. The molecule has 0 atom stereocenters. The number of hydrogen-bond acceptors (Lipinski definition) is 3. The second kappa shape index (κ2) is 9.42. The Bertz CT molecular complexity index is 2940. The number of rotatable bonds is 2. The van der Waals surface area contributed by atoms with Gasteiger partial charge in [0.1, 0.15) is 11.2 Å². The summed E-state index contributed by atoms with van der Waals surface area (Å²) in [4.78, 5) is 11.1. The zero-order valence-corrected chi connectivity index (χ0v) is 27.0. The first-order chi connectivity index (χ1) is 24.0. The van der Waals surface area contributed by atoms with Crippen LogP contribution in [-0.2, 0) is 5.41 Å². The van der Waals surface area contributed by atoms with E-state index in [9.17, 15) is 0 Å². The third-order valence-corrected chi connectivity index (χ3v) is 10.7. The van der Waals surface area contributed by atoms with Crippen LogP contribution in [0.5, 0.6) is 0 Å². The average Bonchev–Trinajstić information content (AvgIpc) is 3.74. The minimum Gasteiger partial charge on any atom is -0.455 e. The predicted octanol–water partition coefficient (Wildman–Crippen LogP) is 11.8. The smallest absolute Gasteiger partial charge is 0.235 e. The molecule has 49 heavy (non-hydrogen) atoms. The highest BCUT2D eigenvalue weighted by molar-refractivity contribution is 6.17. The summed E-state index contributed by atoms with van der Waals surface area (Å²) in [5.74, 6) is 0.653. The molecule has 0 amide bonds. The Morgan fingerprint density at radius 2 is 1.04 bits per heavy atom. The Hall–Kier alpha value is -6.26. The van der Waals surface area contributed by atoms with Gasteiger partial charge in [-0.05, 0) is 63.5 Å². The monoisotopic (exact) mass is 627 g/mol. The zero-order chi connectivity index (χ0) is 32.4. The van der Waals surface area contributed by atoms with Crippen molar-refractivity contribution in [2.45, 2.75) is 19.3 Å². The van der Waals surface area contributed by atoms with Gasteiger partial charge in [-0.3, -0.25) is 4.57 Å². The van der Waals surface area contributed by atoms with Gasteiger partial charge in [-0.15, -0.1) is 0 Å². The Kier molecular flexibility index (Phi) is 5.15. The van der Waals surface area contributed by atoms with Crippen molar-refractivity contribution in [2.75, 3.05) is 0 Å². The minimum absolute atomic E-state index is 0.318. The molecule has 0 saturated carbocycles. The van der Waals surface area contributed by atoms with Crippen molar-refractivity contribution in [2.24, 2.45) is 0 Å². The highest BCUT2D eigenvalue weighted by Gasteiger charge is 2.40. The second-order valence-electron chi connectivity index (χ2n) is 13.8. The van der Waals surface area contributed by atoms with Gasteiger partial charge in [-0.1, -0.05) is 117 Å². The van der Waals surface area contributed by atoms with Gasteiger partial charge in [-0.25, -0.2) is 9.97 Å². The van der Waals surface area contributed by atoms with E-state index >= 15 is 0 Å². The fraction of sp³-hybridized carbons (Fsp3) is 0.0667. The predicted molar refractivity (Wildman–Crippen MR) is 202 cm³/mol. The molecule has 10 aromatic rings. The Morgan fingerprint density at radius 1 is 0.510 bits per heavy atom. The maximum absolute atomic E-state index is 6.64. The van der Waals surface area contributed by atoms with Crippen molar-refractivity contribution >= 4 is 65.3 Å². The van der Waals surface area contributed by atoms with E-state index < -0.39 is 0 Å². The lowest BCUT2D eigenvalue weighted by molar-refractivity contribution is 0.654. The molecule has 230 valence electrons. The normalized spacial score (nSPS) is 13.7. The summed E-state index contributed by atoms with van der Waals surface area (Å²) >= 11 is 0. The molecule has 0 spiro atoms. The van der Waals surface area contributed by atoms with Crippen molar-refractivity contribution in [1.29, 1.82) is 0 Å². The number of furan rings is 1. The third-order valence-electron chi connectivity index (χ3n) is 10.7. The maximum atomic E-state index is 6.64. The molecule has 0 saturated heterocycles. The molecule has 0 unspecified atom stereocenters. The Balaban J connectivity index is 1.31. The summed E-state index contributed by atoms with van der Waals surface area (Å²) < 4.78 is 8.92. The van der Waals surface area contributed by atoms with Gasteiger partial charge in [0.2, 0.25) is 5.95 Å². The molecule has 11 rings (SSSR count). The van der Waals surface area contributed by atoms with Crippen molar-refractivity contribution in [3.05, 3.63) is 151 Å². The first-order valence-corrected chi connectivity index (χ1v) is 16.8. The molecule has 0 radical (unpaired) electrons. The summed E-state index contributed by atoms with van der Waals surface area (Å²) in [6.45, 7) is 4.59. The fourth-order valence-corrected chi connectivity index (χ4v) is 8.44. The molecule has 4 nitrogen and oxygen atoms in total. The molecule has 4 heteroatoms. The van der Waals surface area contributed by atoms with Gasteiger partial charge in [0.25, 0.3) is 0 Å². The summed E-state index contributed by atoms with van der Waals surface area (Å²) in [5.41, 5.74) is 9.97. The SMILES string of the molecule is CC1(C)c2ccccc2-c2nc(-n3c4cc5ccccc5cc4c4cc5ccccc5cc43)nc(-c3cccc4c3oc3ccccc34)c21. The van der Waals surface area contributed by atoms with Crippen LogP contribution in [0.3, 0.4) is 0 Å². The van der Waals surface area contributed by atoms with Gasteiger partial charge in [0, 0.05) is 43.7 Å². The van der Waals surface area contributed by atoms with Crippen LogP contribution >= 0.6 is 0 Å². The maximum Gasteiger partial charge on any atom is 0.235 e. The van der Waals surface area contributed by atoms with Crippen molar-refractivity contribution in [3.63, 3.8) is 0 Å². The highest BCUT2D eigenvalue weighted by atomic mass is 16.3. The van der Waals surface area contributed by atoms with E-state index in [0.717, 1.165) is 61.1 Å². The molecule has 3 heterocycles. The summed E-state index contributed by atoms with van der Waals surface area (Å²) in [6.07, 6.45) is 0. The molecule has 0 bridgehead atoms. The highest BCUT2D eigenvalue weighted by Crippen LogP contribution is 2.52. The van der Waals surface area contributed by atoms with Crippen molar-refractivity contribution in [1.82, 2.24) is 14.5 Å². The van der Waals surface area contributed by atoms with Gasteiger partial charge >= 0.3 is 0 Å². The summed E-state index contributed by atoms with van der Waals surface area (Å²) in [5, 5.41) is 9.36. The number of hydrogen-bond donors (Lipinski definition) is 0. The van der Waals surface area contributed by atoms with Gasteiger partial charge in [0.05, 0.1) is 22.4 Å². The van der Waals surface area contributed by atoms with Crippen LogP contribution in [0.25, 0.3) is 93.8 Å². The second-order valence-corrected chi connectivity index (χ2v) is 13.8. The zero-order valence-electron chi connectivity index (χ0n) is 27.0. The summed E-state index contributed by atoms with van der Waals surface area (Å²) in [7, 11) is 0. The van der Waals surface area contributed by atoms with E-state index in [-0.39, 0.29) is 5.41 Å². The van der Waals surface area contributed by atoms with Crippen LogP contribution in [0.4, 0.5) is 0 Å². The van der Waals surface area contributed by atoms with Gasteiger partial charge in [-0.2, -0.15) is 0 Å². The molecule has 7 aromatic carbocycles. The van der Waals surface area contributed by atoms with E-state index in [2.05, 4.69) is 146 Å². The van der Waals surface area contributed by atoms with Crippen LogP contribution in [-0.4, -0.2) is 14.5 Å². The van der Waals surface area contributed by atoms with Crippen LogP contribution in [0.1, 0.15) is 25.0 Å². The largest absolute Gasteiger partial charge is 0.455 e. The van der Waals surface area contributed by atoms with Gasteiger partial charge < -0.3 is 4.42 Å². The van der Waals surface area contributed by atoms with E-state index in [1.807, 2.05) is 12.1 Å². The fourth-order valence-electron chi connectivity index (χ4n) is 8.44. The van der Waals surface area contributed by atoms with Gasteiger partial charge in [0.15, 0.2) is 0 Å². The molecule has 0 aliphatic heterocycles. The van der Waals surface area contributed by atoms with E-state index in [1.54, 1.807) is 0 Å². The lowest BCUT2D eigenvalue weighted by Gasteiger charge is -2.24. The number of fused-ring (bicyclic) bond motifs is 11. The molecular weight excluding hydrogens is 599 g/mol. The minimum atomic E-state index is -0.318. The lowest BCUT2D eigenvalue weighted by atomic mass is 9.80. The van der Waals surface area contributed by atoms with E-state index in [1.165, 1.54) is 37.9 Å². The number of para-hydroxylation sites is 2. The number of nitrogens with zero attached hydrogens (tertiary/aromatic N) is 3. The van der Waals surface area contributed by atoms with Crippen LogP contribution in [0.2, 0.25) is 0 Å². The molecule has 1 aliphatic carbocycles. The van der Waals surface area contributed by atoms with Crippen LogP contribution < -0.4 is 0 Å². The molecule has 0 fully saturated rings. The molecule has 1 aliphatic rings. The first kappa shape index (κ1) is 26.8. The lowest BCUT2D eigenvalue weighted by Crippen LogP contribution is -2.18. The Labute approximate surface area is 281 Å². The van der Waals surface area contributed by atoms with E-state index in [0.29, 0.717) is 5.95 Å². The van der Waals surface area contributed by atoms with E-state index in [4.69, 9.17) is 14.4 Å². The average molecular weight is 628 g/mol. The van der Waals surface area contributed by atoms with Crippen LogP contribution in [0, 0.1) is 0 Å². The standard InChI is InChI=1S/C45H29N3O/c1-45(2)36-20-9-7-17-32(36)41-40(45)42(33-19-11-18-31-30-16-8-10-21-39(30)49-43(31)33)47-44(46-41)48-37-24-28-14-5-3-12-26(28)22-34(37)35-23-27-13-4-6-15-29(27)25-38(35)48/h3-25H,1-2H3. The number of aromatic nitrogens is 3. The van der Waals surface area contributed by atoms with Crippen molar-refractivity contribution < 1.29 is 4.42 Å². The van der Waals surface area contributed by atoms with Crippen molar-refractivity contribution in [3.8, 4) is 28.5 Å². The third kappa shape index (κ3) is 3.58. The topological polar surface area (TPSA) is 43.9 Å².